The SMILES string of the molecule is CCCCCCN=C(CN)Cc1ccccc1C.Cl.Cl. The Labute approximate surface area is 136 Å². The average molecular weight is 319 g/mol. The third kappa shape index (κ3) is 8.57. The lowest BCUT2D eigenvalue weighted by molar-refractivity contribution is 0.674. The molecule has 0 aromatic heterocycles. The van der Waals surface area contributed by atoms with Gasteiger partial charge >= 0.3 is 0 Å². The van der Waals surface area contributed by atoms with Gasteiger partial charge in [-0.25, -0.2) is 0 Å². The first-order valence-corrected chi connectivity index (χ1v) is 7.04. The number of benzene rings is 1. The second kappa shape index (κ2) is 13.4. The summed E-state index contributed by atoms with van der Waals surface area (Å²) in [5.74, 6) is 0. The summed E-state index contributed by atoms with van der Waals surface area (Å²) in [5, 5.41) is 0. The Morgan fingerprint density at radius 1 is 1.10 bits per heavy atom. The number of aryl methyl sites for hydroxylation is 1. The van der Waals surface area contributed by atoms with Gasteiger partial charge in [-0.1, -0.05) is 50.5 Å². The van der Waals surface area contributed by atoms with Gasteiger partial charge in [0, 0.05) is 25.2 Å². The highest BCUT2D eigenvalue weighted by Crippen LogP contribution is 2.08. The minimum absolute atomic E-state index is 0. The number of nitrogens with two attached hydrogens (primary N) is 1. The number of halogens is 2. The van der Waals surface area contributed by atoms with E-state index < -0.39 is 0 Å². The summed E-state index contributed by atoms with van der Waals surface area (Å²) >= 11 is 0. The average Bonchev–Trinajstić information content (AvgIpc) is 2.39. The highest BCUT2D eigenvalue weighted by Gasteiger charge is 2.02. The molecule has 2 N–H and O–H groups in total. The third-order valence-electron chi connectivity index (χ3n) is 3.24. The van der Waals surface area contributed by atoms with Gasteiger partial charge in [0.15, 0.2) is 0 Å². The van der Waals surface area contributed by atoms with Crippen molar-refractivity contribution < 1.29 is 0 Å². The predicted octanol–water partition coefficient (Wildman–Crippen LogP) is 4.36. The third-order valence-corrected chi connectivity index (χ3v) is 3.24. The van der Waals surface area contributed by atoms with E-state index >= 15 is 0 Å². The van der Waals surface area contributed by atoms with Crippen molar-refractivity contribution in [3.63, 3.8) is 0 Å². The van der Waals surface area contributed by atoms with Crippen molar-refractivity contribution in [2.24, 2.45) is 10.7 Å². The largest absolute Gasteiger partial charge is 0.325 e. The Hall–Kier alpha value is -0.570. The van der Waals surface area contributed by atoms with Crippen molar-refractivity contribution in [3.05, 3.63) is 35.4 Å². The normalized spacial score (nSPS) is 10.7. The Morgan fingerprint density at radius 2 is 1.80 bits per heavy atom. The van der Waals surface area contributed by atoms with Crippen LogP contribution in [0.5, 0.6) is 0 Å². The number of aliphatic imine (C=N–C) groups is 1. The molecule has 0 saturated carbocycles. The van der Waals surface area contributed by atoms with Gasteiger partial charge in [0.05, 0.1) is 0 Å². The Bertz CT molecular complexity index is 378. The molecule has 0 radical (unpaired) electrons. The lowest BCUT2D eigenvalue weighted by Crippen LogP contribution is -2.17. The maximum absolute atomic E-state index is 5.78. The summed E-state index contributed by atoms with van der Waals surface area (Å²) in [6, 6.07) is 8.46. The molecule has 0 amide bonds. The maximum Gasteiger partial charge on any atom is 0.0389 e. The maximum atomic E-state index is 5.78. The van der Waals surface area contributed by atoms with Crippen molar-refractivity contribution in [2.45, 2.75) is 46.0 Å². The van der Waals surface area contributed by atoms with Gasteiger partial charge in [0.1, 0.15) is 0 Å². The molecule has 0 saturated heterocycles. The summed E-state index contributed by atoms with van der Waals surface area (Å²) in [7, 11) is 0. The van der Waals surface area contributed by atoms with Gasteiger partial charge < -0.3 is 5.73 Å². The van der Waals surface area contributed by atoms with E-state index in [9.17, 15) is 0 Å². The van der Waals surface area contributed by atoms with Crippen molar-refractivity contribution in [2.75, 3.05) is 13.1 Å². The van der Waals surface area contributed by atoms with Crippen LogP contribution >= 0.6 is 24.8 Å². The minimum atomic E-state index is 0. The molecule has 0 atom stereocenters. The molecule has 0 spiro atoms. The summed E-state index contributed by atoms with van der Waals surface area (Å²) < 4.78 is 0. The van der Waals surface area contributed by atoms with Gasteiger partial charge in [0.2, 0.25) is 0 Å². The molecular weight excluding hydrogens is 291 g/mol. The molecular formula is C16H28Cl2N2. The van der Waals surface area contributed by atoms with Gasteiger partial charge in [-0.3, -0.25) is 4.99 Å². The van der Waals surface area contributed by atoms with E-state index in [4.69, 9.17) is 5.73 Å². The lowest BCUT2D eigenvalue weighted by Gasteiger charge is -2.07. The zero-order valence-electron chi connectivity index (χ0n) is 12.6. The zero-order valence-corrected chi connectivity index (χ0v) is 14.2. The summed E-state index contributed by atoms with van der Waals surface area (Å²) in [5.41, 5.74) is 9.57. The minimum Gasteiger partial charge on any atom is -0.325 e. The van der Waals surface area contributed by atoms with Crippen LogP contribution in [0.4, 0.5) is 0 Å². The van der Waals surface area contributed by atoms with Crippen LogP contribution in [0.3, 0.4) is 0 Å². The van der Waals surface area contributed by atoms with Gasteiger partial charge in [-0.15, -0.1) is 24.8 Å². The monoisotopic (exact) mass is 318 g/mol. The van der Waals surface area contributed by atoms with Crippen LogP contribution in [-0.2, 0) is 6.42 Å². The summed E-state index contributed by atoms with van der Waals surface area (Å²) in [6.07, 6.45) is 5.95. The molecule has 0 unspecified atom stereocenters. The highest BCUT2D eigenvalue weighted by atomic mass is 35.5. The van der Waals surface area contributed by atoms with Crippen LogP contribution < -0.4 is 5.73 Å². The van der Waals surface area contributed by atoms with Crippen molar-refractivity contribution in [1.82, 2.24) is 0 Å². The molecule has 0 heterocycles. The van der Waals surface area contributed by atoms with Crippen LogP contribution in [0, 0.1) is 6.92 Å². The fourth-order valence-electron chi connectivity index (χ4n) is 2.00. The highest BCUT2D eigenvalue weighted by molar-refractivity contribution is 5.88. The first-order valence-electron chi connectivity index (χ1n) is 7.04. The molecule has 0 aliphatic heterocycles. The number of unbranched alkanes of at least 4 members (excludes halogenated alkanes) is 3. The van der Waals surface area contributed by atoms with Crippen LogP contribution in [0.15, 0.2) is 29.3 Å². The molecule has 1 aromatic carbocycles. The molecule has 0 fully saturated rings. The molecule has 20 heavy (non-hydrogen) atoms. The first kappa shape index (κ1) is 21.7. The number of hydrogen-bond acceptors (Lipinski definition) is 2. The fraction of sp³-hybridized carbons (Fsp3) is 0.562. The second-order valence-electron chi connectivity index (χ2n) is 4.82. The van der Waals surface area contributed by atoms with Crippen LogP contribution in [0.2, 0.25) is 0 Å². The van der Waals surface area contributed by atoms with Crippen LogP contribution in [-0.4, -0.2) is 18.8 Å². The number of rotatable bonds is 8. The Morgan fingerprint density at radius 3 is 2.40 bits per heavy atom. The molecule has 2 nitrogen and oxygen atoms in total. The predicted molar refractivity (Wildman–Crippen MR) is 94.9 cm³/mol. The van der Waals surface area contributed by atoms with Crippen molar-refractivity contribution >= 4 is 30.5 Å². The second-order valence-corrected chi connectivity index (χ2v) is 4.82. The topological polar surface area (TPSA) is 38.4 Å². The zero-order chi connectivity index (χ0) is 13.2. The molecule has 116 valence electrons. The number of nitrogens with zero attached hydrogens (tertiary/aromatic N) is 1. The lowest BCUT2D eigenvalue weighted by atomic mass is 10.0. The fourth-order valence-corrected chi connectivity index (χ4v) is 2.00. The molecule has 0 aliphatic rings. The van der Waals surface area contributed by atoms with Crippen molar-refractivity contribution in [3.8, 4) is 0 Å². The molecule has 1 rings (SSSR count). The van der Waals surface area contributed by atoms with E-state index in [0.29, 0.717) is 6.54 Å². The van der Waals surface area contributed by atoms with Gasteiger partial charge in [0.25, 0.3) is 0 Å². The first-order chi connectivity index (χ1) is 8.77. The van der Waals surface area contributed by atoms with E-state index in [1.807, 2.05) is 0 Å². The van der Waals surface area contributed by atoms with Crippen LogP contribution in [0.1, 0.15) is 43.7 Å². The summed E-state index contributed by atoms with van der Waals surface area (Å²) in [6.45, 7) is 5.87. The van der Waals surface area contributed by atoms with Crippen molar-refractivity contribution in [1.29, 1.82) is 0 Å². The molecule has 1 aromatic rings. The standard InChI is InChI=1S/C16H26N2.2ClH/c1-3-4-5-8-11-18-16(13-17)12-15-10-7-6-9-14(15)2;;/h6-7,9-10H,3-5,8,11-13,17H2,1-2H3;2*1H. The van der Waals surface area contributed by atoms with E-state index in [1.165, 1.54) is 36.8 Å². The van der Waals surface area contributed by atoms with E-state index in [-0.39, 0.29) is 24.8 Å². The molecule has 0 aliphatic carbocycles. The molecule has 0 bridgehead atoms. The van der Waals surface area contributed by atoms with E-state index in [0.717, 1.165) is 18.7 Å². The van der Waals surface area contributed by atoms with Gasteiger partial charge in [-0.2, -0.15) is 0 Å². The van der Waals surface area contributed by atoms with E-state index in [1.54, 1.807) is 0 Å². The number of hydrogen-bond donors (Lipinski definition) is 1. The quantitative estimate of drug-likeness (QED) is 0.561. The summed E-state index contributed by atoms with van der Waals surface area (Å²) in [4.78, 5) is 4.64. The Kier molecular flexibility index (Phi) is 14.6. The van der Waals surface area contributed by atoms with E-state index in [2.05, 4.69) is 43.1 Å². The van der Waals surface area contributed by atoms with Crippen LogP contribution in [0.25, 0.3) is 0 Å². The Balaban J connectivity index is 0. The molecule has 4 heteroatoms. The smallest absolute Gasteiger partial charge is 0.0389 e. The van der Waals surface area contributed by atoms with Gasteiger partial charge in [-0.05, 0) is 24.5 Å².